The lowest BCUT2D eigenvalue weighted by Gasteiger charge is -2.06. The van der Waals surface area contributed by atoms with E-state index in [1.54, 1.807) is 36.4 Å². The van der Waals surface area contributed by atoms with E-state index in [0.717, 1.165) is 0 Å². The zero-order chi connectivity index (χ0) is 14.2. The molecule has 0 fully saturated rings. The van der Waals surface area contributed by atoms with Crippen LogP contribution >= 0.6 is 0 Å². The van der Waals surface area contributed by atoms with Crippen LogP contribution in [0.2, 0.25) is 0 Å². The Morgan fingerprint density at radius 2 is 1.65 bits per heavy atom. The molecule has 0 aliphatic carbocycles. The van der Waals surface area contributed by atoms with Gasteiger partial charge in [0.25, 0.3) is 0 Å². The van der Waals surface area contributed by atoms with Gasteiger partial charge in [-0.15, -0.1) is 0 Å². The van der Waals surface area contributed by atoms with E-state index < -0.39 is 9.84 Å². The third-order valence-electron chi connectivity index (χ3n) is 3.07. The maximum absolute atomic E-state index is 12.5. The number of aromatic nitrogens is 1. The van der Waals surface area contributed by atoms with Crippen LogP contribution in [-0.2, 0) is 9.84 Å². The quantitative estimate of drug-likeness (QED) is 0.786. The van der Waals surface area contributed by atoms with Crippen molar-refractivity contribution in [3.63, 3.8) is 0 Å². The molecule has 0 radical (unpaired) electrons. The zero-order valence-corrected chi connectivity index (χ0v) is 11.2. The van der Waals surface area contributed by atoms with Crippen molar-refractivity contribution in [2.75, 3.05) is 0 Å². The van der Waals surface area contributed by atoms with Crippen molar-refractivity contribution in [3.05, 3.63) is 60.9 Å². The van der Waals surface area contributed by atoms with E-state index in [-0.39, 0.29) is 15.5 Å². The molecule has 20 heavy (non-hydrogen) atoms. The molecule has 0 amide bonds. The summed E-state index contributed by atoms with van der Waals surface area (Å²) in [7, 11) is -3.55. The highest BCUT2D eigenvalue weighted by Crippen LogP contribution is 2.28. The number of benzene rings is 2. The van der Waals surface area contributed by atoms with Crippen molar-refractivity contribution < 1.29 is 13.5 Å². The van der Waals surface area contributed by atoms with Gasteiger partial charge in [0.1, 0.15) is 5.75 Å². The molecule has 0 unspecified atom stereocenters. The molecule has 0 atom stereocenters. The Balaban J connectivity index is 2.21. The summed E-state index contributed by atoms with van der Waals surface area (Å²) in [5.41, 5.74) is 0. The minimum Gasteiger partial charge on any atom is -0.506 e. The summed E-state index contributed by atoms with van der Waals surface area (Å²) in [6, 6.07) is 12.8. The maximum Gasteiger partial charge on any atom is 0.206 e. The third kappa shape index (κ3) is 2.02. The Morgan fingerprint density at radius 1 is 0.900 bits per heavy atom. The van der Waals surface area contributed by atoms with Crippen LogP contribution in [0.15, 0.2) is 70.7 Å². The van der Waals surface area contributed by atoms with Gasteiger partial charge < -0.3 is 5.11 Å². The molecular weight excluding hydrogens is 274 g/mol. The van der Waals surface area contributed by atoms with Crippen molar-refractivity contribution >= 4 is 20.6 Å². The van der Waals surface area contributed by atoms with Gasteiger partial charge in [-0.1, -0.05) is 18.2 Å². The fraction of sp³-hybridized carbons (Fsp3) is 0. The van der Waals surface area contributed by atoms with E-state index in [9.17, 15) is 13.5 Å². The molecule has 0 saturated carbocycles. The lowest BCUT2D eigenvalue weighted by molar-refractivity contribution is 0.479. The molecule has 3 aromatic rings. The van der Waals surface area contributed by atoms with E-state index >= 15 is 0 Å². The van der Waals surface area contributed by atoms with Gasteiger partial charge in [0.2, 0.25) is 9.84 Å². The summed E-state index contributed by atoms with van der Waals surface area (Å²) in [4.78, 5) is 4.29. The van der Waals surface area contributed by atoms with Crippen LogP contribution in [0.5, 0.6) is 5.75 Å². The standard InChI is InChI=1S/C15H11NO3S/c17-15-10-16-9-11-8-13(6-7-14(11)15)20(18,19)12-4-2-1-3-5-12/h1-10,17H. The van der Waals surface area contributed by atoms with Crippen molar-refractivity contribution in [1.82, 2.24) is 4.98 Å². The lowest BCUT2D eigenvalue weighted by Crippen LogP contribution is -2.01. The molecule has 3 rings (SSSR count). The largest absolute Gasteiger partial charge is 0.506 e. The number of sulfone groups is 1. The Labute approximate surface area is 116 Å². The van der Waals surface area contributed by atoms with Gasteiger partial charge in [0.15, 0.2) is 0 Å². The van der Waals surface area contributed by atoms with Crippen LogP contribution in [0.25, 0.3) is 10.8 Å². The molecular formula is C15H11NO3S. The predicted octanol–water partition coefficient (Wildman–Crippen LogP) is 2.77. The summed E-state index contributed by atoms with van der Waals surface area (Å²) in [5.74, 6) is 0.0335. The minimum absolute atomic E-state index is 0.0335. The molecule has 1 N–H and O–H groups in total. The Kier molecular flexibility index (Phi) is 2.91. The highest BCUT2D eigenvalue weighted by atomic mass is 32.2. The molecule has 0 aliphatic rings. The summed E-state index contributed by atoms with van der Waals surface area (Å²) in [6.45, 7) is 0. The number of hydrogen-bond acceptors (Lipinski definition) is 4. The first-order valence-electron chi connectivity index (χ1n) is 5.96. The Hall–Kier alpha value is -2.40. The molecule has 4 nitrogen and oxygen atoms in total. The number of aromatic hydroxyl groups is 1. The Morgan fingerprint density at radius 3 is 2.40 bits per heavy atom. The monoisotopic (exact) mass is 285 g/mol. The second-order valence-corrected chi connectivity index (χ2v) is 6.31. The molecule has 1 heterocycles. The molecule has 0 spiro atoms. The summed E-state index contributed by atoms with van der Waals surface area (Å²) in [5, 5.41) is 10.8. The molecule has 0 saturated heterocycles. The number of pyridine rings is 1. The first-order chi connectivity index (χ1) is 9.59. The zero-order valence-electron chi connectivity index (χ0n) is 10.4. The lowest BCUT2D eigenvalue weighted by atomic mass is 10.2. The normalized spacial score (nSPS) is 11.6. The van der Waals surface area contributed by atoms with Crippen LogP contribution < -0.4 is 0 Å². The van der Waals surface area contributed by atoms with Crippen LogP contribution in [0.4, 0.5) is 0 Å². The maximum atomic E-state index is 12.5. The van der Waals surface area contributed by atoms with Crippen LogP contribution in [-0.4, -0.2) is 18.5 Å². The van der Waals surface area contributed by atoms with Crippen molar-refractivity contribution in [2.45, 2.75) is 9.79 Å². The highest BCUT2D eigenvalue weighted by Gasteiger charge is 2.17. The van der Waals surface area contributed by atoms with Gasteiger partial charge >= 0.3 is 0 Å². The van der Waals surface area contributed by atoms with Crippen LogP contribution in [0.1, 0.15) is 0 Å². The number of fused-ring (bicyclic) bond motifs is 1. The number of hydrogen-bond donors (Lipinski definition) is 1. The summed E-state index contributed by atoms with van der Waals surface area (Å²) >= 11 is 0. The summed E-state index contributed by atoms with van der Waals surface area (Å²) < 4.78 is 25.0. The molecule has 0 aliphatic heterocycles. The van der Waals surface area contributed by atoms with E-state index in [2.05, 4.69) is 4.98 Å². The second kappa shape index (κ2) is 4.61. The number of rotatable bonds is 2. The van der Waals surface area contributed by atoms with E-state index in [1.165, 1.54) is 24.5 Å². The Bertz CT molecular complexity index is 874. The predicted molar refractivity (Wildman–Crippen MR) is 75.3 cm³/mol. The fourth-order valence-corrected chi connectivity index (χ4v) is 3.36. The highest BCUT2D eigenvalue weighted by molar-refractivity contribution is 7.91. The SMILES string of the molecule is O=S(=O)(c1ccccc1)c1ccc2c(O)cncc2c1. The molecule has 100 valence electrons. The molecule has 2 aromatic carbocycles. The molecule has 5 heteroatoms. The van der Waals surface area contributed by atoms with E-state index in [4.69, 9.17) is 0 Å². The summed E-state index contributed by atoms with van der Waals surface area (Å²) in [6.07, 6.45) is 2.85. The van der Waals surface area contributed by atoms with Gasteiger partial charge in [0.05, 0.1) is 16.0 Å². The van der Waals surface area contributed by atoms with Gasteiger partial charge in [-0.3, -0.25) is 4.98 Å². The van der Waals surface area contributed by atoms with Gasteiger partial charge in [-0.05, 0) is 30.3 Å². The second-order valence-electron chi connectivity index (χ2n) is 4.36. The topological polar surface area (TPSA) is 67.3 Å². The van der Waals surface area contributed by atoms with Gasteiger partial charge in [-0.25, -0.2) is 8.42 Å². The van der Waals surface area contributed by atoms with E-state index in [0.29, 0.717) is 10.8 Å². The van der Waals surface area contributed by atoms with Crippen LogP contribution in [0, 0.1) is 0 Å². The van der Waals surface area contributed by atoms with Crippen molar-refractivity contribution in [3.8, 4) is 5.75 Å². The third-order valence-corrected chi connectivity index (χ3v) is 4.84. The van der Waals surface area contributed by atoms with E-state index in [1.807, 2.05) is 0 Å². The average Bonchev–Trinajstić information content (AvgIpc) is 2.48. The average molecular weight is 285 g/mol. The number of nitrogens with zero attached hydrogens (tertiary/aromatic N) is 1. The van der Waals surface area contributed by atoms with Crippen LogP contribution in [0.3, 0.4) is 0 Å². The first-order valence-corrected chi connectivity index (χ1v) is 7.44. The molecule has 0 bridgehead atoms. The minimum atomic E-state index is -3.55. The van der Waals surface area contributed by atoms with Gasteiger partial charge in [0, 0.05) is 17.0 Å². The molecule has 1 aromatic heterocycles. The fourth-order valence-electron chi connectivity index (χ4n) is 2.04. The smallest absolute Gasteiger partial charge is 0.206 e. The van der Waals surface area contributed by atoms with Crippen molar-refractivity contribution in [1.29, 1.82) is 0 Å². The first kappa shape index (κ1) is 12.6. The van der Waals surface area contributed by atoms with Gasteiger partial charge in [-0.2, -0.15) is 0 Å². The van der Waals surface area contributed by atoms with Crippen molar-refractivity contribution in [2.24, 2.45) is 0 Å².